The summed E-state index contributed by atoms with van der Waals surface area (Å²) in [5.41, 5.74) is 3.63. The van der Waals surface area contributed by atoms with Crippen LogP contribution in [0.2, 0.25) is 0 Å². The third-order valence-electron chi connectivity index (χ3n) is 4.43. The molecular weight excluding hydrogens is 383 g/mol. The molecule has 29 heavy (non-hydrogen) atoms. The van der Waals surface area contributed by atoms with Crippen molar-refractivity contribution in [1.82, 2.24) is 14.8 Å². The molecule has 0 atom stereocenters. The summed E-state index contributed by atoms with van der Waals surface area (Å²) in [7, 11) is 0. The maximum absolute atomic E-state index is 13.4. The summed E-state index contributed by atoms with van der Waals surface area (Å²) in [6, 6.07) is 26.1. The predicted molar refractivity (Wildman–Crippen MR) is 112 cm³/mol. The number of nitrogens with zero attached hydrogens (tertiary/aromatic N) is 4. The summed E-state index contributed by atoms with van der Waals surface area (Å²) in [6.45, 7) is 0.612. The Hall–Kier alpha value is -3.43. The van der Waals surface area contributed by atoms with Crippen molar-refractivity contribution in [2.75, 3.05) is 0 Å². The number of hydrogen-bond donors (Lipinski definition) is 0. The number of aromatic nitrogens is 3. The number of benzene rings is 3. The molecule has 1 aromatic heterocycles. The fraction of sp³-hybridized carbons (Fsp3) is 0.0870. The average molecular weight is 400 g/mol. The highest BCUT2D eigenvalue weighted by molar-refractivity contribution is 7.98. The van der Waals surface area contributed by atoms with Gasteiger partial charge in [-0.25, -0.2) is 4.39 Å². The zero-order valence-corrected chi connectivity index (χ0v) is 16.3. The van der Waals surface area contributed by atoms with Crippen LogP contribution in [0, 0.1) is 17.1 Å². The first-order chi connectivity index (χ1) is 14.2. The molecule has 0 unspecified atom stereocenters. The molecular formula is C23H17FN4S. The Morgan fingerprint density at radius 1 is 0.897 bits per heavy atom. The summed E-state index contributed by atoms with van der Waals surface area (Å²) in [5, 5.41) is 18.6. The molecule has 0 aliphatic heterocycles. The third-order valence-corrected chi connectivity index (χ3v) is 5.46. The average Bonchev–Trinajstić information content (AvgIpc) is 3.16. The third kappa shape index (κ3) is 4.53. The molecule has 0 amide bonds. The first-order valence-corrected chi connectivity index (χ1v) is 10.1. The molecule has 4 aromatic rings. The fourth-order valence-electron chi connectivity index (χ4n) is 3.00. The monoisotopic (exact) mass is 400 g/mol. The summed E-state index contributed by atoms with van der Waals surface area (Å²) >= 11 is 1.56. The van der Waals surface area contributed by atoms with Crippen molar-refractivity contribution in [2.24, 2.45) is 0 Å². The molecule has 0 saturated carbocycles. The van der Waals surface area contributed by atoms with E-state index in [2.05, 4.69) is 28.4 Å². The molecule has 0 fully saturated rings. The van der Waals surface area contributed by atoms with E-state index in [1.165, 1.54) is 12.1 Å². The van der Waals surface area contributed by atoms with E-state index in [-0.39, 0.29) is 5.82 Å². The van der Waals surface area contributed by atoms with Crippen LogP contribution in [0.4, 0.5) is 4.39 Å². The minimum Gasteiger partial charge on any atom is -0.298 e. The molecule has 4 nitrogen and oxygen atoms in total. The first-order valence-electron chi connectivity index (χ1n) is 9.08. The molecule has 4 rings (SSSR count). The van der Waals surface area contributed by atoms with Crippen molar-refractivity contribution in [3.05, 3.63) is 101 Å². The highest BCUT2D eigenvalue weighted by atomic mass is 32.2. The van der Waals surface area contributed by atoms with E-state index in [1.807, 2.05) is 41.0 Å². The van der Waals surface area contributed by atoms with E-state index in [9.17, 15) is 4.39 Å². The number of rotatable bonds is 6. The Bertz CT molecular complexity index is 1150. The molecule has 0 aliphatic carbocycles. The molecule has 0 N–H and O–H groups in total. The summed E-state index contributed by atoms with van der Waals surface area (Å²) < 4.78 is 15.4. The molecule has 6 heteroatoms. The topological polar surface area (TPSA) is 54.5 Å². The second-order valence-electron chi connectivity index (χ2n) is 6.49. The van der Waals surface area contributed by atoms with Crippen LogP contribution in [-0.2, 0) is 12.3 Å². The van der Waals surface area contributed by atoms with Crippen LogP contribution in [0.3, 0.4) is 0 Å². The van der Waals surface area contributed by atoms with Gasteiger partial charge in [-0.05, 0) is 47.5 Å². The zero-order valence-electron chi connectivity index (χ0n) is 15.5. The van der Waals surface area contributed by atoms with E-state index in [4.69, 9.17) is 5.26 Å². The van der Waals surface area contributed by atoms with Crippen LogP contribution in [-0.4, -0.2) is 14.8 Å². The molecule has 0 radical (unpaired) electrons. The van der Waals surface area contributed by atoms with Crippen molar-refractivity contribution in [3.63, 3.8) is 0 Å². The Balaban J connectivity index is 1.65. The lowest BCUT2D eigenvalue weighted by Crippen LogP contribution is -2.04. The van der Waals surface area contributed by atoms with Crippen LogP contribution in [0.25, 0.3) is 11.4 Å². The number of nitriles is 1. The molecule has 142 valence electrons. The molecule has 3 aromatic carbocycles. The van der Waals surface area contributed by atoms with Gasteiger partial charge in [0.15, 0.2) is 11.0 Å². The molecule has 0 saturated heterocycles. The number of thioether (sulfide) groups is 1. The Kier molecular flexibility index (Phi) is 5.68. The van der Waals surface area contributed by atoms with Gasteiger partial charge in [-0.1, -0.05) is 54.2 Å². The van der Waals surface area contributed by atoms with Crippen LogP contribution >= 0.6 is 11.8 Å². The first kappa shape index (κ1) is 18.9. The van der Waals surface area contributed by atoms with Crippen LogP contribution < -0.4 is 0 Å². The molecule has 0 spiro atoms. The normalized spacial score (nSPS) is 10.6. The Labute approximate surface area is 172 Å². The maximum atomic E-state index is 13.4. The SMILES string of the molecule is N#Cc1cccc(CSc2nnc(-c3ccc(F)cc3)n2Cc2ccccc2)c1. The van der Waals surface area contributed by atoms with Gasteiger partial charge >= 0.3 is 0 Å². The van der Waals surface area contributed by atoms with Crippen LogP contribution in [0.5, 0.6) is 0 Å². The van der Waals surface area contributed by atoms with E-state index >= 15 is 0 Å². The highest BCUT2D eigenvalue weighted by Crippen LogP contribution is 2.27. The number of halogens is 1. The van der Waals surface area contributed by atoms with Crippen molar-refractivity contribution in [2.45, 2.75) is 17.5 Å². The van der Waals surface area contributed by atoms with Gasteiger partial charge in [-0.2, -0.15) is 5.26 Å². The van der Waals surface area contributed by atoms with Crippen molar-refractivity contribution in [1.29, 1.82) is 5.26 Å². The largest absolute Gasteiger partial charge is 0.298 e. The minimum absolute atomic E-state index is 0.283. The van der Waals surface area contributed by atoms with Gasteiger partial charge < -0.3 is 0 Å². The fourth-order valence-corrected chi connectivity index (χ4v) is 3.88. The maximum Gasteiger partial charge on any atom is 0.192 e. The van der Waals surface area contributed by atoms with Gasteiger partial charge in [0.2, 0.25) is 0 Å². The summed E-state index contributed by atoms with van der Waals surface area (Å²) in [6.07, 6.45) is 0. The van der Waals surface area contributed by atoms with Gasteiger partial charge in [-0.15, -0.1) is 10.2 Å². The lowest BCUT2D eigenvalue weighted by molar-refractivity contribution is 0.628. The quantitative estimate of drug-likeness (QED) is 0.412. The van der Waals surface area contributed by atoms with Gasteiger partial charge in [-0.3, -0.25) is 4.57 Å². The smallest absolute Gasteiger partial charge is 0.192 e. The lowest BCUT2D eigenvalue weighted by Gasteiger charge is -2.11. The summed E-state index contributed by atoms with van der Waals surface area (Å²) in [4.78, 5) is 0. The lowest BCUT2D eigenvalue weighted by atomic mass is 10.2. The van der Waals surface area contributed by atoms with E-state index in [0.717, 1.165) is 21.8 Å². The van der Waals surface area contributed by atoms with Crippen LogP contribution in [0.15, 0.2) is 84.0 Å². The highest BCUT2D eigenvalue weighted by Gasteiger charge is 2.15. The van der Waals surface area contributed by atoms with Gasteiger partial charge in [0.05, 0.1) is 18.2 Å². The minimum atomic E-state index is -0.283. The second kappa shape index (κ2) is 8.72. The van der Waals surface area contributed by atoms with E-state index < -0.39 is 0 Å². The predicted octanol–water partition coefficient (Wildman–Crippen LogP) is 5.30. The second-order valence-corrected chi connectivity index (χ2v) is 7.43. The number of hydrogen-bond acceptors (Lipinski definition) is 4. The Morgan fingerprint density at radius 2 is 1.66 bits per heavy atom. The zero-order chi connectivity index (χ0) is 20.1. The molecule has 0 aliphatic rings. The molecule has 1 heterocycles. The summed E-state index contributed by atoms with van der Waals surface area (Å²) in [5.74, 6) is 1.09. The standard InChI is InChI=1S/C23H17FN4S/c24-21-11-9-20(10-12-21)22-26-27-23(28(22)15-17-5-2-1-3-6-17)29-16-19-8-4-7-18(13-19)14-25/h1-13H,15-16H2. The van der Waals surface area contributed by atoms with Crippen molar-refractivity contribution in [3.8, 4) is 17.5 Å². The van der Waals surface area contributed by atoms with Crippen molar-refractivity contribution < 1.29 is 4.39 Å². The molecule has 0 bridgehead atoms. The van der Waals surface area contributed by atoms with E-state index in [1.54, 1.807) is 30.0 Å². The van der Waals surface area contributed by atoms with Crippen molar-refractivity contribution >= 4 is 11.8 Å². The van der Waals surface area contributed by atoms with Gasteiger partial charge in [0.1, 0.15) is 5.82 Å². The van der Waals surface area contributed by atoms with Gasteiger partial charge in [0.25, 0.3) is 0 Å². The van der Waals surface area contributed by atoms with Gasteiger partial charge in [0, 0.05) is 11.3 Å². The van der Waals surface area contributed by atoms with E-state index in [0.29, 0.717) is 23.7 Å². The van der Waals surface area contributed by atoms with Crippen LogP contribution in [0.1, 0.15) is 16.7 Å². The Morgan fingerprint density at radius 3 is 2.41 bits per heavy atom.